The molecule has 5 amide bonds. The van der Waals surface area contributed by atoms with Crippen molar-refractivity contribution in [3.8, 4) is 0 Å². The van der Waals surface area contributed by atoms with Gasteiger partial charge in [0.2, 0.25) is 5.91 Å². The van der Waals surface area contributed by atoms with Gasteiger partial charge in [0.05, 0.1) is 29.0 Å². The highest BCUT2D eigenvalue weighted by Gasteiger charge is 2.42. The zero-order chi connectivity index (χ0) is 36.7. The fraction of sp³-hybridized carbons (Fsp3) is 0.618. The van der Waals surface area contributed by atoms with Gasteiger partial charge in [-0.2, -0.15) is 26.3 Å². The first-order valence-electron chi connectivity index (χ1n) is 17.3. The minimum absolute atomic E-state index is 0.151. The third-order valence-corrected chi connectivity index (χ3v) is 11.7. The Hall–Kier alpha value is -3.73. The number of amides is 5. The van der Waals surface area contributed by atoms with E-state index in [9.17, 15) is 40.7 Å². The van der Waals surface area contributed by atoms with Gasteiger partial charge in [-0.25, -0.2) is 9.59 Å². The maximum Gasteiger partial charge on any atom is 0.418 e. The Balaban J connectivity index is 1.17. The summed E-state index contributed by atoms with van der Waals surface area (Å²) in [5, 5.41) is 9.37. The standard InChI is InChI=1S/C34H43F6N7O3S/c1-44-8-2-21(3-9-44)22-4-10-45(11-5-22)30(48)27(16-20-14-25(33(35,36)37)29(41)26(15-20)34(38,39)40)42-31(49)46-12-6-24(7-13-46)47-17-23-18-51-19-28(23)43-32(47)50/h14-15,18-19,21-22,24,27H,2-13,16-17,41H2,1H3,(H,42,49)(H,43,50)/t27-/m1/s1. The predicted octanol–water partition coefficient (Wildman–Crippen LogP) is 6.08. The molecule has 3 fully saturated rings. The lowest BCUT2D eigenvalue weighted by atomic mass is 9.79. The first-order valence-corrected chi connectivity index (χ1v) is 18.2. The molecule has 0 unspecified atom stereocenters. The molecule has 2 aromatic rings. The number of halogens is 6. The van der Waals surface area contributed by atoms with E-state index < -0.39 is 59.1 Å². The monoisotopic (exact) mass is 743 g/mol. The number of fused-ring (bicyclic) bond motifs is 1. The van der Waals surface area contributed by atoms with Crippen LogP contribution in [0.25, 0.3) is 0 Å². The van der Waals surface area contributed by atoms with E-state index >= 15 is 0 Å². The summed E-state index contributed by atoms with van der Waals surface area (Å²) < 4.78 is 83.2. The summed E-state index contributed by atoms with van der Waals surface area (Å²) in [6.45, 7) is 3.65. The van der Waals surface area contributed by atoms with Crippen molar-refractivity contribution < 1.29 is 40.7 Å². The van der Waals surface area contributed by atoms with Crippen molar-refractivity contribution in [3.63, 3.8) is 0 Å². The largest absolute Gasteiger partial charge is 0.418 e. The Labute approximate surface area is 296 Å². The van der Waals surface area contributed by atoms with E-state index in [1.54, 1.807) is 9.80 Å². The van der Waals surface area contributed by atoms with E-state index in [0.717, 1.165) is 50.0 Å². The number of hydrogen-bond acceptors (Lipinski definition) is 6. The van der Waals surface area contributed by atoms with Crippen LogP contribution in [0.3, 0.4) is 0 Å². The maximum atomic E-state index is 14.0. The molecule has 0 aliphatic carbocycles. The number of nitrogens with two attached hydrogens (primary N) is 1. The zero-order valence-electron chi connectivity index (χ0n) is 28.3. The molecule has 4 aliphatic heterocycles. The lowest BCUT2D eigenvalue weighted by Gasteiger charge is -2.41. The minimum Gasteiger partial charge on any atom is -0.398 e. The molecule has 280 valence electrons. The number of carbonyl (C=O) groups is 3. The second-order valence-corrected chi connectivity index (χ2v) is 14.9. The molecular weight excluding hydrogens is 700 g/mol. The second kappa shape index (κ2) is 14.7. The molecule has 0 bridgehead atoms. The van der Waals surface area contributed by atoms with Gasteiger partial charge in [0.1, 0.15) is 6.04 Å². The number of urea groups is 2. The van der Waals surface area contributed by atoms with E-state index in [1.807, 2.05) is 10.8 Å². The van der Waals surface area contributed by atoms with Crippen LogP contribution in [0.15, 0.2) is 22.9 Å². The quantitative estimate of drug-likeness (QED) is 0.245. The van der Waals surface area contributed by atoms with Gasteiger partial charge in [0.15, 0.2) is 0 Å². The van der Waals surface area contributed by atoms with Gasteiger partial charge in [-0.1, -0.05) is 0 Å². The Morgan fingerprint density at radius 1 is 0.882 bits per heavy atom. The van der Waals surface area contributed by atoms with Crippen LogP contribution in [-0.2, 0) is 30.1 Å². The summed E-state index contributed by atoms with van der Waals surface area (Å²) in [6, 6.07) is -1.41. The third kappa shape index (κ3) is 8.34. The number of hydrogen-bond donors (Lipinski definition) is 3. The first kappa shape index (κ1) is 37.0. The average Bonchev–Trinajstić information content (AvgIpc) is 3.54. The topological polar surface area (TPSA) is 114 Å². The molecule has 1 aromatic heterocycles. The van der Waals surface area contributed by atoms with Crippen molar-refractivity contribution in [1.82, 2.24) is 24.9 Å². The van der Waals surface area contributed by atoms with Gasteiger partial charge >= 0.3 is 24.4 Å². The van der Waals surface area contributed by atoms with Crippen LogP contribution < -0.4 is 16.4 Å². The molecule has 1 aromatic carbocycles. The second-order valence-electron chi connectivity index (χ2n) is 14.2. The number of rotatable bonds is 6. The molecule has 5 heterocycles. The number of alkyl halides is 6. The molecule has 0 radical (unpaired) electrons. The van der Waals surface area contributed by atoms with E-state index in [0.29, 0.717) is 56.4 Å². The van der Waals surface area contributed by atoms with Gasteiger partial charge in [-0.05, 0) is 93.6 Å². The normalized spacial score (nSPS) is 21.0. The van der Waals surface area contributed by atoms with Gasteiger partial charge < -0.3 is 36.0 Å². The van der Waals surface area contributed by atoms with Crippen molar-refractivity contribution in [3.05, 3.63) is 45.1 Å². The number of nitrogens with zero attached hydrogens (tertiary/aromatic N) is 4. The Morgan fingerprint density at radius 3 is 2.00 bits per heavy atom. The van der Waals surface area contributed by atoms with E-state index in [1.165, 1.54) is 16.2 Å². The number of likely N-dealkylation sites (tertiary alicyclic amines) is 3. The van der Waals surface area contributed by atoms with Crippen molar-refractivity contribution in [2.24, 2.45) is 11.8 Å². The van der Waals surface area contributed by atoms with E-state index in [2.05, 4.69) is 22.6 Å². The fourth-order valence-corrected chi connectivity index (χ4v) is 8.74. The number of benzene rings is 1. The molecule has 6 rings (SSSR count). The first-order chi connectivity index (χ1) is 24.1. The van der Waals surface area contributed by atoms with Crippen LogP contribution in [0.1, 0.15) is 60.8 Å². The molecule has 4 N–H and O–H groups in total. The van der Waals surface area contributed by atoms with Crippen LogP contribution in [0, 0.1) is 11.8 Å². The van der Waals surface area contributed by atoms with Gasteiger partial charge in [-0.3, -0.25) is 4.79 Å². The van der Waals surface area contributed by atoms with Crippen LogP contribution in [0.5, 0.6) is 0 Å². The number of thiophene rings is 1. The summed E-state index contributed by atoms with van der Waals surface area (Å²) in [7, 11) is 2.08. The van der Waals surface area contributed by atoms with Crippen molar-refractivity contribution in [1.29, 1.82) is 0 Å². The highest BCUT2D eigenvalue weighted by atomic mass is 32.1. The van der Waals surface area contributed by atoms with Gasteiger partial charge in [-0.15, -0.1) is 11.3 Å². The molecule has 10 nitrogen and oxygen atoms in total. The highest BCUT2D eigenvalue weighted by molar-refractivity contribution is 7.08. The lowest BCUT2D eigenvalue weighted by molar-refractivity contribution is -0.141. The average molecular weight is 744 g/mol. The molecule has 4 aliphatic rings. The fourth-order valence-electron chi connectivity index (χ4n) is 7.96. The van der Waals surface area contributed by atoms with Crippen molar-refractivity contribution in [2.45, 2.75) is 75.9 Å². The molecule has 3 saturated heterocycles. The summed E-state index contributed by atoms with van der Waals surface area (Å²) in [5.41, 5.74) is 1.98. The van der Waals surface area contributed by atoms with E-state index in [-0.39, 0.29) is 25.2 Å². The molecule has 51 heavy (non-hydrogen) atoms. The number of carbonyl (C=O) groups excluding carboxylic acids is 3. The van der Waals surface area contributed by atoms with Gasteiger partial charge in [0.25, 0.3) is 0 Å². The lowest BCUT2D eigenvalue weighted by Crippen LogP contribution is -2.57. The number of nitrogens with one attached hydrogen (secondary N) is 2. The predicted molar refractivity (Wildman–Crippen MR) is 180 cm³/mol. The molecule has 1 atom stereocenters. The van der Waals surface area contributed by atoms with Crippen LogP contribution >= 0.6 is 11.3 Å². The maximum absolute atomic E-state index is 14.0. The Kier molecular flexibility index (Phi) is 10.7. The number of anilines is 2. The molecule has 0 saturated carbocycles. The number of nitrogen functional groups attached to an aromatic ring is 1. The molecular formula is C34H43F6N7O3S. The summed E-state index contributed by atoms with van der Waals surface area (Å²) in [5.74, 6) is 0.373. The summed E-state index contributed by atoms with van der Waals surface area (Å²) >= 11 is 1.49. The van der Waals surface area contributed by atoms with E-state index in [4.69, 9.17) is 5.73 Å². The Morgan fingerprint density at radius 2 is 1.43 bits per heavy atom. The molecule has 17 heteroatoms. The third-order valence-electron chi connectivity index (χ3n) is 10.9. The van der Waals surface area contributed by atoms with Gasteiger partial charge in [0, 0.05) is 49.6 Å². The zero-order valence-corrected chi connectivity index (χ0v) is 29.1. The van der Waals surface area contributed by atoms with Crippen LogP contribution in [-0.4, -0.2) is 96.0 Å². The van der Waals surface area contributed by atoms with Crippen molar-refractivity contribution in [2.75, 3.05) is 57.4 Å². The SMILES string of the molecule is CN1CCC(C2CCN(C(=O)[C@@H](Cc3cc(C(F)(F)F)c(N)c(C(F)(F)F)c3)NC(=O)N3CCC(N4Cc5cscc5NC4=O)CC3)CC2)CC1. The smallest absolute Gasteiger partial charge is 0.398 e. The molecule has 0 spiro atoms. The summed E-state index contributed by atoms with van der Waals surface area (Å²) in [6.07, 6.45) is -6.49. The Bertz CT molecular complexity index is 1560. The summed E-state index contributed by atoms with van der Waals surface area (Å²) in [4.78, 5) is 47.4. The van der Waals surface area contributed by atoms with Crippen LogP contribution in [0.4, 0.5) is 47.3 Å². The highest BCUT2D eigenvalue weighted by Crippen LogP contribution is 2.42. The van der Waals surface area contributed by atoms with Crippen LogP contribution in [0.2, 0.25) is 0 Å². The minimum atomic E-state index is -5.18. The number of piperidine rings is 3. The van der Waals surface area contributed by atoms with Crippen molar-refractivity contribution >= 4 is 40.7 Å².